The first-order valence-corrected chi connectivity index (χ1v) is 6.18. The maximum absolute atomic E-state index is 12.2. The maximum atomic E-state index is 12.2. The lowest BCUT2D eigenvalue weighted by molar-refractivity contribution is -0.164. The molecule has 1 amide bonds. The summed E-state index contributed by atoms with van der Waals surface area (Å²) in [6.45, 7) is 4.57. The van der Waals surface area contributed by atoms with Crippen LogP contribution >= 0.6 is 0 Å². The number of ether oxygens (including phenoxy) is 1. The van der Waals surface area contributed by atoms with Gasteiger partial charge in [0.2, 0.25) is 5.91 Å². The van der Waals surface area contributed by atoms with Crippen LogP contribution in [-0.4, -0.2) is 30.8 Å². The lowest BCUT2D eigenvalue weighted by Gasteiger charge is -2.38. The number of aliphatic hydroxyl groups is 1. The molecule has 1 aromatic carbocycles. The molecule has 0 saturated carbocycles. The van der Waals surface area contributed by atoms with Gasteiger partial charge in [-0.1, -0.05) is 32.0 Å². The highest BCUT2D eigenvalue weighted by Crippen LogP contribution is 2.30. The van der Waals surface area contributed by atoms with Crippen molar-refractivity contribution in [3.05, 3.63) is 29.8 Å². The van der Waals surface area contributed by atoms with Gasteiger partial charge < -0.3 is 15.2 Å². The molecule has 18 heavy (non-hydrogen) atoms. The van der Waals surface area contributed by atoms with Gasteiger partial charge in [-0.15, -0.1) is 0 Å². The first-order chi connectivity index (χ1) is 8.59. The number of rotatable bonds is 4. The summed E-state index contributed by atoms with van der Waals surface area (Å²) in [4.78, 5) is 12.2. The topological polar surface area (TPSA) is 58.6 Å². The molecule has 1 aromatic rings. The lowest BCUT2D eigenvalue weighted by atomic mass is 9.85. The fourth-order valence-corrected chi connectivity index (χ4v) is 2.01. The van der Waals surface area contributed by atoms with E-state index in [0.717, 1.165) is 11.3 Å². The molecular formula is C14H19NO3. The standard InChI is InChI=1S/C14H19NO3/c1-10(2)11-5-3-4-6-12(11)15-13(17)14(7-16)8-18-9-14/h3-6,10,16H,7-9H2,1-2H3,(H,15,17). The Morgan fingerprint density at radius 3 is 2.61 bits per heavy atom. The minimum atomic E-state index is -0.760. The van der Waals surface area contributed by atoms with Crippen molar-refractivity contribution in [1.82, 2.24) is 0 Å². The number of carbonyl (C=O) groups is 1. The summed E-state index contributed by atoms with van der Waals surface area (Å²) in [6, 6.07) is 7.74. The van der Waals surface area contributed by atoms with Gasteiger partial charge in [0.1, 0.15) is 5.41 Å². The number of aliphatic hydroxyl groups excluding tert-OH is 1. The third-order valence-electron chi connectivity index (χ3n) is 3.37. The molecule has 1 aliphatic heterocycles. The van der Waals surface area contributed by atoms with Crippen molar-refractivity contribution >= 4 is 11.6 Å². The maximum Gasteiger partial charge on any atom is 0.237 e. The Morgan fingerprint density at radius 1 is 1.44 bits per heavy atom. The number of benzene rings is 1. The van der Waals surface area contributed by atoms with E-state index in [4.69, 9.17) is 4.74 Å². The highest BCUT2D eigenvalue weighted by Gasteiger charge is 2.45. The van der Waals surface area contributed by atoms with Gasteiger partial charge in [-0.3, -0.25) is 4.79 Å². The van der Waals surface area contributed by atoms with Gasteiger partial charge in [-0.25, -0.2) is 0 Å². The molecule has 0 atom stereocenters. The molecule has 4 nitrogen and oxygen atoms in total. The van der Waals surface area contributed by atoms with Crippen molar-refractivity contribution in [2.24, 2.45) is 5.41 Å². The van der Waals surface area contributed by atoms with E-state index in [1.807, 2.05) is 24.3 Å². The fraction of sp³-hybridized carbons (Fsp3) is 0.500. The molecular weight excluding hydrogens is 230 g/mol. The van der Waals surface area contributed by atoms with Gasteiger partial charge in [-0.2, -0.15) is 0 Å². The van der Waals surface area contributed by atoms with Gasteiger partial charge >= 0.3 is 0 Å². The van der Waals surface area contributed by atoms with Crippen LogP contribution in [0.4, 0.5) is 5.69 Å². The fourth-order valence-electron chi connectivity index (χ4n) is 2.01. The SMILES string of the molecule is CC(C)c1ccccc1NC(=O)C1(CO)COC1. The third-order valence-corrected chi connectivity index (χ3v) is 3.37. The number of hydrogen-bond acceptors (Lipinski definition) is 3. The Bertz CT molecular complexity index is 433. The zero-order valence-electron chi connectivity index (χ0n) is 10.8. The number of nitrogens with one attached hydrogen (secondary N) is 1. The van der Waals surface area contributed by atoms with Crippen molar-refractivity contribution in [1.29, 1.82) is 0 Å². The second-order valence-corrected chi connectivity index (χ2v) is 5.13. The Hall–Kier alpha value is -1.39. The van der Waals surface area contributed by atoms with E-state index in [1.54, 1.807) is 0 Å². The number of para-hydroxylation sites is 1. The van der Waals surface area contributed by atoms with Crippen LogP contribution in [-0.2, 0) is 9.53 Å². The van der Waals surface area contributed by atoms with E-state index in [1.165, 1.54) is 0 Å². The number of anilines is 1. The Kier molecular flexibility index (Phi) is 3.68. The first-order valence-electron chi connectivity index (χ1n) is 6.18. The first kappa shape index (κ1) is 13.1. The van der Waals surface area contributed by atoms with Crippen LogP contribution in [0.5, 0.6) is 0 Å². The predicted molar refractivity (Wildman–Crippen MR) is 69.5 cm³/mol. The van der Waals surface area contributed by atoms with Gasteiger partial charge in [0.05, 0.1) is 19.8 Å². The van der Waals surface area contributed by atoms with Crippen LogP contribution in [0.2, 0.25) is 0 Å². The number of amides is 1. The quantitative estimate of drug-likeness (QED) is 0.854. The van der Waals surface area contributed by atoms with Crippen molar-refractivity contribution < 1.29 is 14.6 Å². The van der Waals surface area contributed by atoms with Crippen LogP contribution in [0, 0.1) is 5.41 Å². The second kappa shape index (κ2) is 5.08. The van der Waals surface area contributed by atoms with Crippen molar-refractivity contribution in [2.45, 2.75) is 19.8 Å². The summed E-state index contributed by atoms with van der Waals surface area (Å²) >= 11 is 0. The van der Waals surface area contributed by atoms with Gasteiger partial charge in [0.15, 0.2) is 0 Å². The molecule has 0 unspecified atom stereocenters. The van der Waals surface area contributed by atoms with Crippen LogP contribution in [0.25, 0.3) is 0 Å². The second-order valence-electron chi connectivity index (χ2n) is 5.13. The number of carbonyl (C=O) groups excluding carboxylic acids is 1. The summed E-state index contributed by atoms with van der Waals surface area (Å²) in [5, 5.41) is 12.2. The van der Waals surface area contributed by atoms with E-state index >= 15 is 0 Å². The number of hydrogen-bond donors (Lipinski definition) is 2. The molecule has 0 aliphatic carbocycles. The molecule has 1 aliphatic rings. The summed E-state index contributed by atoms with van der Waals surface area (Å²) < 4.78 is 5.04. The molecule has 2 N–H and O–H groups in total. The molecule has 0 spiro atoms. The van der Waals surface area contributed by atoms with Crippen molar-refractivity contribution in [2.75, 3.05) is 25.1 Å². The average Bonchev–Trinajstić information content (AvgIpc) is 2.28. The minimum Gasteiger partial charge on any atom is -0.395 e. The minimum absolute atomic E-state index is 0.163. The highest BCUT2D eigenvalue weighted by atomic mass is 16.5. The summed E-state index contributed by atoms with van der Waals surface area (Å²) in [6.07, 6.45) is 0. The highest BCUT2D eigenvalue weighted by molar-refractivity contribution is 5.96. The monoisotopic (exact) mass is 249 g/mol. The molecule has 0 bridgehead atoms. The summed E-state index contributed by atoms with van der Waals surface area (Å²) in [5.74, 6) is 0.175. The molecule has 1 fully saturated rings. The van der Waals surface area contributed by atoms with Gasteiger partial charge in [-0.05, 0) is 17.5 Å². The summed E-state index contributed by atoms with van der Waals surface area (Å²) in [5.41, 5.74) is 1.15. The van der Waals surface area contributed by atoms with Crippen molar-refractivity contribution in [3.63, 3.8) is 0 Å². The summed E-state index contributed by atoms with van der Waals surface area (Å²) in [7, 11) is 0. The molecule has 4 heteroatoms. The smallest absolute Gasteiger partial charge is 0.237 e. The normalized spacial score (nSPS) is 17.3. The largest absolute Gasteiger partial charge is 0.395 e. The van der Waals surface area contributed by atoms with Crippen LogP contribution in [0.15, 0.2) is 24.3 Å². The van der Waals surface area contributed by atoms with Crippen LogP contribution in [0.1, 0.15) is 25.3 Å². The van der Waals surface area contributed by atoms with E-state index in [0.29, 0.717) is 19.1 Å². The van der Waals surface area contributed by atoms with Crippen molar-refractivity contribution in [3.8, 4) is 0 Å². The molecule has 2 rings (SSSR count). The van der Waals surface area contributed by atoms with Gasteiger partial charge in [0, 0.05) is 5.69 Å². The van der Waals surface area contributed by atoms with E-state index in [9.17, 15) is 9.90 Å². The molecule has 0 aromatic heterocycles. The third kappa shape index (κ3) is 2.26. The Balaban J connectivity index is 2.17. The zero-order valence-corrected chi connectivity index (χ0v) is 10.8. The van der Waals surface area contributed by atoms with Gasteiger partial charge in [0.25, 0.3) is 0 Å². The van der Waals surface area contributed by atoms with E-state index in [-0.39, 0.29) is 12.5 Å². The molecule has 1 saturated heterocycles. The van der Waals surface area contributed by atoms with Crippen LogP contribution in [0.3, 0.4) is 0 Å². The average molecular weight is 249 g/mol. The van der Waals surface area contributed by atoms with Crippen LogP contribution < -0.4 is 5.32 Å². The van der Waals surface area contributed by atoms with E-state index < -0.39 is 5.41 Å². The Morgan fingerprint density at radius 2 is 2.11 bits per heavy atom. The van der Waals surface area contributed by atoms with E-state index in [2.05, 4.69) is 19.2 Å². The Labute approximate surface area is 107 Å². The molecule has 98 valence electrons. The molecule has 1 heterocycles. The zero-order chi connectivity index (χ0) is 13.2. The lowest BCUT2D eigenvalue weighted by Crippen LogP contribution is -2.54. The molecule has 0 radical (unpaired) electrons. The predicted octanol–water partition coefficient (Wildman–Crippen LogP) is 1.76.